The van der Waals surface area contributed by atoms with Crippen LogP contribution in [0.5, 0.6) is 5.75 Å². The third-order valence-corrected chi connectivity index (χ3v) is 3.52. The Labute approximate surface area is 99.8 Å². The van der Waals surface area contributed by atoms with Gasteiger partial charge in [0.05, 0.1) is 7.11 Å². The highest BCUT2D eigenvalue weighted by Crippen LogP contribution is 2.37. The summed E-state index contributed by atoms with van der Waals surface area (Å²) in [5.74, 6) is -1.11. The minimum absolute atomic E-state index is 0.0781. The number of rotatable bonds is 2. The fourth-order valence-electron chi connectivity index (χ4n) is 2.52. The van der Waals surface area contributed by atoms with Gasteiger partial charge in [-0.15, -0.1) is 0 Å². The molecule has 2 nitrogen and oxygen atoms in total. The molecule has 0 aliphatic heterocycles. The molecule has 1 saturated carbocycles. The van der Waals surface area contributed by atoms with Gasteiger partial charge in [0.25, 0.3) is 0 Å². The molecule has 0 spiro atoms. The lowest BCUT2D eigenvalue weighted by Crippen LogP contribution is -2.39. The second-order valence-corrected chi connectivity index (χ2v) is 4.68. The number of nitrogens with two attached hydrogens (primary N) is 1. The van der Waals surface area contributed by atoms with Crippen molar-refractivity contribution in [3.05, 3.63) is 29.3 Å². The SMILES string of the molecule is COc1cc(F)c(C2(N)CCCCC2)cc1F. The van der Waals surface area contributed by atoms with E-state index in [2.05, 4.69) is 0 Å². The van der Waals surface area contributed by atoms with Crippen molar-refractivity contribution in [3.8, 4) is 5.75 Å². The molecule has 2 N–H and O–H groups in total. The van der Waals surface area contributed by atoms with E-state index in [0.717, 1.165) is 25.3 Å². The summed E-state index contributed by atoms with van der Waals surface area (Å²) in [5.41, 5.74) is 5.74. The maximum atomic E-state index is 13.9. The zero-order chi connectivity index (χ0) is 12.5. The first kappa shape index (κ1) is 12.3. The highest BCUT2D eigenvalue weighted by molar-refractivity contribution is 5.35. The van der Waals surface area contributed by atoms with E-state index in [1.54, 1.807) is 0 Å². The van der Waals surface area contributed by atoms with Crippen molar-refractivity contribution in [3.63, 3.8) is 0 Å². The van der Waals surface area contributed by atoms with E-state index in [-0.39, 0.29) is 11.3 Å². The maximum absolute atomic E-state index is 13.9. The first-order chi connectivity index (χ1) is 8.07. The van der Waals surface area contributed by atoms with Crippen molar-refractivity contribution < 1.29 is 13.5 Å². The Hall–Kier alpha value is -1.16. The molecule has 0 atom stereocenters. The van der Waals surface area contributed by atoms with Crippen LogP contribution < -0.4 is 10.5 Å². The largest absolute Gasteiger partial charge is 0.494 e. The van der Waals surface area contributed by atoms with Gasteiger partial charge in [0.2, 0.25) is 0 Å². The molecule has 0 amide bonds. The number of benzene rings is 1. The Morgan fingerprint density at radius 2 is 1.76 bits per heavy atom. The van der Waals surface area contributed by atoms with Crippen LogP contribution in [-0.4, -0.2) is 7.11 Å². The van der Waals surface area contributed by atoms with E-state index in [4.69, 9.17) is 10.5 Å². The summed E-state index contributed by atoms with van der Waals surface area (Å²) >= 11 is 0. The van der Waals surface area contributed by atoms with Crippen molar-refractivity contribution >= 4 is 0 Å². The molecule has 0 saturated heterocycles. The van der Waals surface area contributed by atoms with E-state index < -0.39 is 17.2 Å². The van der Waals surface area contributed by atoms with Gasteiger partial charge >= 0.3 is 0 Å². The maximum Gasteiger partial charge on any atom is 0.165 e. The van der Waals surface area contributed by atoms with Gasteiger partial charge in [-0.3, -0.25) is 0 Å². The third-order valence-electron chi connectivity index (χ3n) is 3.52. The Bertz CT molecular complexity index is 414. The lowest BCUT2D eigenvalue weighted by Gasteiger charge is -2.34. The molecule has 1 aromatic carbocycles. The number of hydrogen-bond donors (Lipinski definition) is 1. The molecule has 1 aromatic rings. The predicted octanol–water partition coefficient (Wildman–Crippen LogP) is 3.09. The summed E-state index contributed by atoms with van der Waals surface area (Å²) in [6.45, 7) is 0. The first-order valence-corrected chi connectivity index (χ1v) is 5.89. The molecule has 94 valence electrons. The number of hydrogen-bond acceptors (Lipinski definition) is 2. The molecular formula is C13H17F2NO. The average molecular weight is 241 g/mol. The van der Waals surface area contributed by atoms with Crippen LogP contribution >= 0.6 is 0 Å². The van der Waals surface area contributed by atoms with Crippen molar-refractivity contribution in [1.82, 2.24) is 0 Å². The third kappa shape index (κ3) is 2.27. The number of ether oxygens (including phenoxy) is 1. The molecule has 4 heteroatoms. The van der Waals surface area contributed by atoms with Crippen LogP contribution in [0, 0.1) is 11.6 Å². The first-order valence-electron chi connectivity index (χ1n) is 5.89. The molecule has 0 radical (unpaired) electrons. The van der Waals surface area contributed by atoms with E-state index in [0.29, 0.717) is 12.8 Å². The van der Waals surface area contributed by atoms with E-state index >= 15 is 0 Å². The summed E-state index contributed by atoms with van der Waals surface area (Å²) < 4.78 is 32.3. The zero-order valence-electron chi connectivity index (χ0n) is 9.93. The Kier molecular flexibility index (Phi) is 3.33. The van der Waals surface area contributed by atoms with E-state index in [9.17, 15) is 8.78 Å². The molecule has 1 fully saturated rings. The summed E-state index contributed by atoms with van der Waals surface area (Å²) in [5, 5.41) is 0. The van der Waals surface area contributed by atoms with Gasteiger partial charge in [-0.25, -0.2) is 8.78 Å². The van der Waals surface area contributed by atoms with Crippen LogP contribution in [0.2, 0.25) is 0 Å². The zero-order valence-corrected chi connectivity index (χ0v) is 9.93. The minimum Gasteiger partial charge on any atom is -0.494 e. The van der Waals surface area contributed by atoms with Gasteiger partial charge in [0.1, 0.15) is 5.82 Å². The van der Waals surface area contributed by atoms with Gasteiger partial charge in [0.15, 0.2) is 11.6 Å². The minimum atomic E-state index is -0.727. The summed E-state index contributed by atoms with van der Waals surface area (Å²) in [4.78, 5) is 0. The van der Waals surface area contributed by atoms with Gasteiger partial charge in [-0.05, 0) is 18.9 Å². The number of methoxy groups -OCH3 is 1. The van der Waals surface area contributed by atoms with Gasteiger partial charge in [0, 0.05) is 17.2 Å². The molecule has 0 aromatic heterocycles. The van der Waals surface area contributed by atoms with Crippen LogP contribution in [0.1, 0.15) is 37.7 Å². The monoisotopic (exact) mass is 241 g/mol. The molecule has 2 rings (SSSR count). The molecule has 1 aliphatic rings. The Morgan fingerprint density at radius 1 is 1.12 bits per heavy atom. The highest BCUT2D eigenvalue weighted by Gasteiger charge is 2.32. The predicted molar refractivity (Wildman–Crippen MR) is 61.9 cm³/mol. The Balaban J connectivity index is 2.41. The molecular weight excluding hydrogens is 224 g/mol. The molecule has 0 bridgehead atoms. The summed E-state index contributed by atoms with van der Waals surface area (Å²) in [6.07, 6.45) is 4.44. The highest BCUT2D eigenvalue weighted by atomic mass is 19.1. The second kappa shape index (κ2) is 4.61. The van der Waals surface area contributed by atoms with Crippen molar-refractivity contribution in [2.24, 2.45) is 5.73 Å². The van der Waals surface area contributed by atoms with Gasteiger partial charge < -0.3 is 10.5 Å². The molecule has 1 aliphatic carbocycles. The van der Waals surface area contributed by atoms with Crippen molar-refractivity contribution in [2.75, 3.05) is 7.11 Å². The van der Waals surface area contributed by atoms with Crippen molar-refractivity contribution in [2.45, 2.75) is 37.6 Å². The summed E-state index contributed by atoms with van der Waals surface area (Å²) in [7, 11) is 1.32. The summed E-state index contributed by atoms with van der Waals surface area (Å²) in [6, 6.07) is 2.26. The second-order valence-electron chi connectivity index (χ2n) is 4.68. The molecule has 17 heavy (non-hydrogen) atoms. The number of halogens is 2. The lowest BCUT2D eigenvalue weighted by molar-refractivity contribution is 0.290. The quantitative estimate of drug-likeness (QED) is 0.863. The standard InChI is InChI=1S/C13H17F2NO/c1-17-12-8-10(14)9(7-11(12)15)13(16)5-3-2-4-6-13/h7-8H,2-6,16H2,1H3. The van der Waals surface area contributed by atoms with Crippen LogP contribution in [0.4, 0.5) is 8.78 Å². The van der Waals surface area contributed by atoms with Gasteiger partial charge in [-0.2, -0.15) is 0 Å². The fraction of sp³-hybridized carbons (Fsp3) is 0.538. The fourth-order valence-corrected chi connectivity index (χ4v) is 2.52. The van der Waals surface area contributed by atoms with Gasteiger partial charge in [-0.1, -0.05) is 19.3 Å². The van der Waals surface area contributed by atoms with E-state index in [1.807, 2.05) is 0 Å². The molecule has 0 heterocycles. The molecule has 0 unspecified atom stereocenters. The van der Waals surface area contributed by atoms with Crippen LogP contribution in [0.3, 0.4) is 0 Å². The van der Waals surface area contributed by atoms with Crippen LogP contribution in [-0.2, 0) is 5.54 Å². The van der Waals surface area contributed by atoms with Crippen molar-refractivity contribution in [1.29, 1.82) is 0 Å². The normalized spacial score (nSPS) is 19.1. The lowest BCUT2D eigenvalue weighted by atomic mass is 9.77. The average Bonchev–Trinajstić information content (AvgIpc) is 2.32. The van der Waals surface area contributed by atoms with E-state index in [1.165, 1.54) is 13.2 Å². The smallest absolute Gasteiger partial charge is 0.165 e. The Morgan fingerprint density at radius 3 is 2.35 bits per heavy atom. The topological polar surface area (TPSA) is 35.2 Å². The van der Waals surface area contributed by atoms with Crippen LogP contribution in [0.15, 0.2) is 12.1 Å². The van der Waals surface area contributed by atoms with Crippen LogP contribution in [0.25, 0.3) is 0 Å².